The highest BCUT2D eigenvalue weighted by atomic mass is 35.5. The fourth-order valence-corrected chi connectivity index (χ4v) is 2.63. The molecule has 5 nitrogen and oxygen atoms in total. The molecular formula is C11H11ClN4OS. The van der Waals surface area contributed by atoms with E-state index in [0.29, 0.717) is 28.6 Å². The number of fused-ring (bicyclic) bond motifs is 1. The molecular weight excluding hydrogens is 272 g/mol. The van der Waals surface area contributed by atoms with Crippen molar-refractivity contribution in [1.29, 1.82) is 0 Å². The Bertz CT molecular complexity index is 596. The Hall–Kier alpha value is -1.24. The summed E-state index contributed by atoms with van der Waals surface area (Å²) in [5, 5.41) is 6.48. The third-order valence-electron chi connectivity index (χ3n) is 2.98. The van der Waals surface area contributed by atoms with Crippen LogP contribution in [0.15, 0.2) is 12.1 Å². The highest BCUT2D eigenvalue weighted by Gasteiger charge is 2.21. The van der Waals surface area contributed by atoms with Crippen LogP contribution in [0.1, 0.15) is 6.42 Å². The molecule has 2 aromatic rings. The predicted molar refractivity (Wildman–Crippen MR) is 72.0 cm³/mol. The van der Waals surface area contributed by atoms with Crippen molar-refractivity contribution in [2.45, 2.75) is 6.42 Å². The second-order valence-corrected chi connectivity index (χ2v) is 5.27. The molecule has 2 heterocycles. The number of anilines is 1. The molecule has 18 heavy (non-hydrogen) atoms. The summed E-state index contributed by atoms with van der Waals surface area (Å²) in [6.07, 6.45) is 0.511. The summed E-state index contributed by atoms with van der Waals surface area (Å²) in [4.78, 5) is 11.9. The van der Waals surface area contributed by atoms with Gasteiger partial charge in [0.05, 0.1) is 22.4 Å². The van der Waals surface area contributed by atoms with Gasteiger partial charge in [-0.1, -0.05) is 11.6 Å². The highest BCUT2D eigenvalue weighted by Crippen LogP contribution is 2.30. The minimum atomic E-state index is -0.0242. The van der Waals surface area contributed by atoms with Crippen LogP contribution in [0.2, 0.25) is 5.02 Å². The Kier molecular flexibility index (Phi) is 3.15. The van der Waals surface area contributed by atoms with E-state index in [9.17, 15) is 4.79 Å². The zero-order chi connectivity index (χ0) is 12.5. The molecule has 1 aromatic carbocycles. The summed E-state index contributed by atoms with van der Waals surface area (Å²) in [6.45, 7) is 1.81. The van der Waals surface area contributed by atoms with E-state index in [2.05, 4.69) is 19.4 Å². The van der Waals surface area contributed by atoms with Crippen LogP contribution in [0.25, 0.3) is 11.0 Å². The Morgan fingerprint density at radius 1 is 1.50 bits per heavy atom. The summed E-state index contributed by atoms with van der Waals surface area (Å²) in [5.41, 5.74) is 1.98. The molecule has 1 fully saturated rings. The lowest BCUT2D eigenvalue weighted by molar-refractivity contribution is -0.117. The van der Waals surface area contributed by atoms with Crippen LogP contribution in [-0.4, -0.2) is 27.7 Å². The Morgan fingerprint density at radius 2 is 2.33 bits per heavy atom. The normalized spacial score (nSPS) is 15.6. The van der Waals surface area contributed by atoms with Crippen molar-refractivity contribution in [2.24, 2.45) is 5.92 Å². The first-order valence-electron chi connectivity index (χ1n) is 5.65. The Labute approximate surface area is 113 Å². The molecule has 2 N–H and O–H groups in total. The maximum atomic E-state index is 11.9. The molecule has 0 spiro atoms. The van der Waals surface area contributed by atoms with Gasteiger partial charge in [-0.3, -0.25) is 4.79 Å². The third kappa shape index (κ3) is 2.19. The van der Waals surface area contributed by atoms with Crippen LogP contribution in [0, 0.1) is 5.92 Å². The standard InChI is InChI=1S/C11H11ClN4OS/c12-7-1-2-8-11(16-18-15-8)10(7)14-9(17)3-6-4-13-5-6/h1-2,6,13H,3-5H2,(H,14,17). The number of nitrogens with one attached hydrogen (secondary N) is 2. The van der Waals surface area contributed by atoms with Crippen molar-refractivity contribution in [3.8, 4) is 0 Å². The monoisotopic (exact) mass is 282 g/mol. The van der Waals surface area contributed by atoms with Gasteiger partial charge in [-0.25, -0.2) is 0 Å². The average Bonchev–Trinajstić information content (AvgIpc) is 2.76. The molecule has 0 saturated carbocycles. The van der Waals surface area contributed by atoms with E-state index in [1.54, 1.807) is 12.1 Å². The van der Waals surface area contributed by atoms with Crippen molar-refractivity contribution in [2.75, 3.05) is 18.4 Å². The van der Waals surface area contributed by atoms with E-state index in [1.807, 2.05) is 0 Å². The number of aromatic nitrogens is 2. The van der Waals surface area contributed by atoms with Crippen LogP contribution in [0.3, 0.4) is 0 Å². The molecule has 3 rings (SSSR count). The summed E-state index contributed by atoms with van der Waals surface area (Å²) < 4.78 is 8.29. The molecule has 0 radical (unpaired) electrons. The van der Waals surface area contributed by atoms with Crippen LogP contribution in [0.4, 0.5) is 5.69 Å². The fraction of sp³-hybridized carbons (Fsp3) is 0.364. The second kappa shape index (κ2) is 4.79. The van der Waals surface area contributed by atoms with E-state index in [-0.39, 0.29) is 5.91 Å². The van der Waals surface area contributed by atoms with Crippen molar-refractivity contribution in [1.82, 2.24) is 14.1 Å². The first-order chi connectivity index (χ1) is 8.74. The van der Waals surface area contributed by atoms with Gasteiger partial charge in [0.2, 0.25) is 5.91 Å². The third-order valence-corrected chi connectivity index (χ3v) is 3.84. The summed E-state index contributed by atoms with van der Waals surface area (Å²) in [5.74, 6) is 0.403. The van der Waals surface area contributed by atoms with Crippen LogP contribution in [0.5, 0.6) is 0 Å². The molecule has 7 heteroatoms. The number of nitrogens with zero attached hydrogens (tertiary/aromatic N) is 2. The molecule has 1 aliphatic rings. The number of benzene rings is 1. The molecule has 1 aromatic heterocycles. The number of halogens is 1. The van der Waals surface area contributed by atoms with Crippen molar-refractivity contribution < 1.29 is 4.79 Å². The molecule has 1 aliphatic heterocycles. The van der Waals surface area contributed by atoms with Gasteiger partial charge in [-0.05, 0) is 31.1 Å². The minimum Gasteiger partial charge on any atom is -0.323 e. The fourth-order valence-electron chi connectivity index (χ4n) is 1.89. The zero-order valence-electron chi connectivity index (χ0n) is 9.44. The van der Waals surface area contributed by atoms with E-state index < -0.39 is 0 Å². The van der Waals surface area contributed by atoms with Gasteiger partial charge in [0.15, 0.2) is 0 Å². The molecule has 94 valence electrons. The van der Waals surface area contributed by atoms with Crippen LogP contribution >= 0.6 is 23.3 Å². The number of carbonyl (C=O) groups is 1. The number of rotatable bonds is 3. The number of carbonyl (C=O) groups excluding carboxylic acids is 1. The van der Waals surface area contributed by atoms with E-state index in [4.69, 9.17) is 11.6 Å². The molecule has 1 saturated heterocycles. The first kappa shape index (κ1) is 11.8. The highest BCUT2D eigenvalue weighted by molar-refractivity contribution is 7.00. The number of hydrogen-bond acceptors (Lipinski definition) is 5. The first-order valence-corrected chi connectivity index (χ1v) is 6.76. The second-order valence-electron chi connectivity index (χ2n) is 4.33. The predicted octanol–water partition coefficient (Wildman–Crippen LogP) is 1.89. The zero-order valence-corrected chi connectivity index (χ0v) is 11.0. The summed E-state index contributed by atoms with van der Waals surface area (Å²) in [7, 11) is 0. The van der Waals surface area contributed by atoms with Crippen LogP contribution in [-0.2, 0) is 4.79 Å². The van der Waals surface area contributed by atoms with Crippen molar-refractivity contribution >= 4 is 46.0 Å². The van der Waals surface area contributed by atoms with E-state index in [0.717, 1.165) is 30.3 Å². The summed E-state index contributed by atoms with van der Waals surface area (Å²) >= 11 is 7.21. The van der Waals surface area contributed by atoms with Gasteiger partial charge < -0.3 is 10.6 Å². The number of amides is 1. The Balaban J connectivity index is 1.82. The lowest BCUT2D eigenvalue weighted by atomic mass is 9.99. The maximum absolute atomic E-state index is 11.9. The topological polar surface area (TPSA) is 66.9 Å². The molecule has 0 bridgehead atoms. The molecule has 0 atom stereocenters. The Morgan fingerprint density at radius 3 is 3.06 bits per heavy atom. The quantitative estimate of drug-likeness (QED) is 0.902. The maximum Gasteiger partial charge on any atom is 0.224 e. The van der Waals surface area contributed by atoms with Crippen molar-refractivity contribution in [3.05, 3.63) is 17.2 Å². The van der Waals surface area contributed by atoms with Crippen molar-refractivity contribution in [3.63, 3.8) is 0 Å². The van der Waals surface area contributed by atoms with Gasteiger partial charge in [-0.2, -0.15) is 8.75 Å². The SMILES string of the molecule is O=C(CC1CNC1)Nc1c(Cl)ccc2nsnc12. The smallest absolute Gasteiger partial charge is 0.224 e. The van der Waals surface area contributed by atoms with Gasteiger partial charge in [0.25, 0.3) is 0 Å². The molecule has 1 amide bonds. The largest absolute Gasteiger partial charge is 0.323 e. The van der Waals surface area contributed by atoms with Gasteiger partial charge in [0, 0.05) is 6.42 Å². The molecule has 0 aliphatic carbocycles. The van der Waals surface area contributed by atoms with Gasteiger partial charge >= 0.3 is 0 Å². The average molecular weight is 283 g/mol. The number of hydrogen-bond donors (Lipinski definition) is 2. The van der Waals surface area contributed by atoms with Crippen LogP contribution < -0.4 is 10.6 Å². The molecule has 0 unspecified atom stereocenters. The van der Waals surface area contributed by atoms with E-state index in [1.165, 1.54) is 0 Å². The van der Waals surface area contributed by atoms with Gasteiger partial charge in [-0.15, -0.1) is 0 Å². The lowest BCUT2D eigenvalue weighted by Crippen LogP contribution is -2.43. The summed E-state index contributed by atoms with van der Waals surface area (Å²) in [6, 6.07) is 3.53. The van der Waals surface area contributed by atoms with E-state index >= 15 is 0 Å². The minimum absolute atomic E-state index is 0.0242. The lowest BCUT2D eigenvalue weighted by Gasteiger charge is -2.26. The van der Waals surface area contributed by atoms with Gasteiger partial charge in [0.1, 0.15) is 11.0 Å².